The van der Waals surface area contributed by atoms with E-state index in [1.54, 1.807) is 11.0 Å². The minimum Gasteiger partial charge on any atom is -0.370 e. The molecule has 1 aliphatic heterocycles. The Morgan fingerprint density at radius 3 is 2.72 bits per heavy atom. The lowest BCUT2D eigenvalue weighted by molar-refractivity contribution is -0.137. The molecular weight excluding hydrogens is 460 g/mol. The quantitative estimate of drug-likeness (QED) is 0.312. The van der Waals surface area contributed by atoms with E-state index in [-0.39, 0.29) is 43.1 Å². The number of halogens is 6. The van der Waals surface area contributed by atoms with E-state index in [1.807, 2.05) is 0 Å². The first-order valence-corrected chi connectivity index (χ1v) is 7.33. The van der Waals surface area contributed by atoms with E-state index in [1.165, 1.54) is 13.1 Å². The highest BCUT2D eigenvalue weighted by molar-refractivity contribution is 14.0. The van der Waals surface area contributed by atoms with Gasteiger partial charge in [-0.2, -0.15) is 13.2 Å². The van der Waals surface area contributed by atoms with E-state index < -0.39 is 30.8 Å². The maximum Gasteiger partial charge on any atom is 0.416 e. The molecule has 1 unspecified atom stereocenters. The van der Waals surface area contributed by atoms with Gasteiger partial charge in [-0.05, 0) is 17.7 Å². The van der Waals surface area contributed by atoms with Crippen molar-refractivity contribution in [1.82, 2.24) is 10.2 Å². The van der Waals surface area contributed by atoms with Gasteiger partial charge in [0.25, 0.3) is 6.43 Å². The van der Waals surface area contributed by atoms with Crippen LogP contribution in [0.4, 0.5) is 22.0 Å². The van der Waals surface area contributed by atoms with Crippen molar-refractivity contribution in [2.24, 2.45) is 4.99 Å². The Hall–Kier alpha value is -1.17. The number of ether oxygens (including phenoxy) is 1. The number of guanidine groups is 1. The third kappa shape index (κ3) is 6.24. The molecule has 142 valence electrons. The monoisotopic (exact) mass is 479 g/mol. The van der Waals surface area contributed by atoms with Gasteiger partial charge < -0.3 is 15.0 Å². The minimum atomic E-state index is -4.43. The molecule has 1 saturated heterocycles. The summed E-state index contributed by atoms with van der Waals surface area (Å²) in [5.41, 5.74) is -0.361. The molecule has 1 aromatic carbocycles. The molecule has 1 N–H and O–H groups in total. The lowest BCUT2D eigenvalue weighted by Gasteiger charge is -2.35. The minimum absolute atomic E-state index is 0. The lowest BCUT2D eigenvalue weighted by Crippen LogP contribution is -2.49. The number of benzene rings is 1. The Kier molecular flexibility index (Phi) is 8.32. The van der Waals surface area contributed by atoms with Gasteiger partial charge in [-0.1, -0.05) is 12.1 Å². The molecule has 25 heavy (non-hydrogen) atoms. The van der Waals surface area contributed by atoms with E-state index in [0.717, 1.165) is 12.1 Å². The third-order valence-corrected chi connectivity index (χ3v) is 3.58. The predicted octanol–water partition coefficient (Wildman–Crippen LogP) is 3.54. The average molecular weight is 479 g/mol. The number of alkyl halides is 5. The fourth-order valence-corrected chi connectivity index (χ4v) is 2.46. The standard InChI is InChI=1S/C15H18F5N3O.HI/c1-21-14(22-8-13(16)17)23-5-6-24-12(9-23)10-3-2-4-11(7-10)15(18,19)20;/h2-4,7,12-13H,5-6,8-9H2,1H3,(H,21,22);1H. The topological polar surface area (TPSA) is 36.9 Å². The zero-order valence-electron chi connectivity index (χ0n) is 13.4. The summed E-state index contributed by atoms with van der Waals surface area (Å²) < 4.78 is 68.7. The Labute approximate surface area is 159 Å². The van der Waals surface area contributed by atoms with Crippen LogP contribution in [0.1, 0.15) is 17.2 Å². The highest BCUT2D eigenvalue weighted by Crippen LogP contribution is 2.32. The van der Waals surface area contributed by atoms with E-state index in [9.17, 15) is 22.0 Å². The first kappa shape index (κ1) is 21.9. The summed E-state index contributed by atoms with van der Waals surface area (Å²) in [6.07, 6.45) is -7.55. The van der Waals surface area contributed by atoms with Crippen molar-refractivity contribution in [3.8, 4) is 0 Å². The zero-order chi connectivity index (χ0) is 17.7. The largest absolute Gasteiger partial charge is 0.416 e. The maximum absolute atomic E-state index is 12.8. The molecule has 0 amide bonds. The van der Waals surface area contributed by atoms with Gasteiger partial charge in [0.15, 0.2) is 5.96 Å². The Balaban J connectivity index is 0.00000312. The summed E-state index contributed by atoms with van der Waals surface area (Å²) in [5, 5.41) is 2.54. The van der Waals surface area contributed by atoms with Crippen LogP contribution in [0, 0.1) is 0 Å². The van der Waals surface area contributed by atoms with Crippen molar-refractivity contribution in [2.45, 2.75) is 18.7 Å². The third-order valence-electron chi connectivity index (χ3n) is 3.58. The summed E-state index contributed by atoms with van der Waals surface area (Å²) in [4.78, 5) is 5.62. The summed E-state index contributed by atoms with van der Waals surface area (Å²) in [6, 6.07) is 4.92. The maximum atomic E-state index is 12.8. The Morgan fingerprint density at radius 1 is 1.40 bits per heavy atom. The second-order valence-corrected chi connectivity index (χ2v) is 5.25. The summed E-state index contributed by atoms with van der Waals surface area (Å²) in [5.74, 6) is 0.274. The van der Waals surface area contributed by atoms with Crippen LogP contribution in [-0.2, 0) is 10.9 Å². The number of aliphatic imine (C=N–C) groups is 1. The van der Waals surface area contributed by atoms with Crippen LogP contribution in [0.2, 0.25) is 0 Å². The van der Waals surface area contributed by atoms with Crippen LogP contribution >= 0.6 is 24.0 Å². The molecule has 1 atom stereocenters. The molecule has 0 radical (unpaired) electrons. The van der Waals surface area contributed by atoms with Crippen molar-refractivity contribution < 1.29 is 26.7 Å². The van der Waals surface area contributed by atoms with E-state index in [0.29, 0.717) is 12.1 Å². The Morgan fingerprint density at radius 2 is 2.12 bits per heavy atom. The van der Waals surface area contributed by atoms with Crippen LogP contribution in [0.25, 0.3) is 0 Å². The molecule has 0 saturated carbocycles. The van der Waals surface area contributed by atoms with Gasteiger partial charge in [-0.25, -0.2) is 8.78 Å². The van der Waals surface area contributed by atoms with Gasteiger partial charge in [0.05, 0.1) is 25.3 Å². The fourth-order valence-electron chi connectivity index (χ4n) is 2.46. The number of morpholine rings is 1. The van der Waals surface area contributed by atoms with E-state index in [2.05, 4.69) is 10.3 Å². The van der Waals surface area contributed by atoms with Crippen LogP contribution < -0.4 is 5.32 Å². The second-order valence-electron chi connectivity index (χ2n) is 5.25. The predicted molar refractivity (Wildman–Crippen MR) is 94.5 cm³/mol. The molecule has 1 aromatic rings. The molecule has 2 rings (SSSR count). The molecular formula is C15H19F5IN3O. The van der Waals surface area contributed by atoms with Crippen molar-refractivity contribution >= 4 is 29.9 Å². The number of hydrogen-bond acceptors (Lipinski definition) is 2. The number of hydrogen-bond donors (Lipinski definition) is 1. The summed E-state index contributed by atoms with van der Waals surface area (Å²) in [6.45, 7) is 0.358. The molecule has 0 aliphatic carbocycles. The Bertz CT molecular complexity index is 583. The van der Waals surface area contributed by atoms with Crippen molar-refractivity contribution in [2.75, 3.05) is 33.3 Å². The SMILES string of the molecule is CN=C(NCC(F)F)N1CCOC(c2cccc(C(F)(F)F)c2)C1.I. The van der Waals surface area contributed by atoms with Crippen molar-refractivity contribution in [3.05, 3.63) is 35.4 Å². The first-order chi connectivity index (χ1) is 11.3. The molecule has 1 aliphatic rings. The van der Waals surface area contributed by atoms with Crippen molar-refractivity contribution in [1.29, 1.82) is 0 Å². The van der Waals surface area contributed by atoms with E-state index in [4.69, 9.17) is 4.74 Å². The number of nitrogens with zero attached hydrogens (tertiary/aromatic N) is 2. The van der Waals surface area contributed by atoms with E-state index >= 15 is 0 Å². The molecule has 10 heteroatoms. The van der Waals surface area contributed by atoms with Crippen LogP contribution in [0.5, 0.6) is 0 Å². The fraction of sp³-hybridized carbons (Fsp3) is 0.533. The van der Waals surface area contributed by atoms with Gasteiger partial charge in [0.2, 0.25) is 0 Å². The summed E-state index contributed by atoms with van der Waals surface area (Å²) >= 11 is 0. The first-order valence-electron chi connectivity index (χ1n) is 7.33. The lowest BCUT2D eigenvalue weighted by atomic mass is 10.0. The smallest absolute Gasteiger partial charge is 0.370 e. The molecule has 0 spiro atoms. The molecule has 1 heterocycles. The summed E-state index contributed by atoms with van der Waals surface area (Å²) in [7, 11) is 1.46. The van der Waals surface area contributed by atoms with Gasteiger partial charge in [-0.3, -0.25) is 4.99 Å². The molecule has 0 bridgehead atoms. The van der Waals surface area contributed by atoms with Crippen LogP contribution in [0.3, 0.4) is 0 Å². The van der Waals surface area contributed by atoms with Gasteiger partial charge in [0.1, 0.15) is 6.10 Å². The average Bonchev–Trinajstić information content (AvgIpc) is 2.55. The highest BCUT2D eigenvalue weighted by Gasteiger charge is 2.32. The zero-order valence-corrected chi connectivity index (χ0v) is 15.7. The van der Waals surface area contributed by atoms with Gasteiger partial charge >= 0.3 is 6.18 Å². The molecule has 4 nitrogen and oxygen atoms in total. The molecule has 0 aromatic heterocycles. The normalized spacial score (nSPS) is 18.9. The second kappa shape index (κ2) is 9.51. The molecule has 1 fully saturated rings. The van der Waals surface area contributed by atoms with Crippen LogP contribution in [0.15, 0.2) is 29.3 Å². The van der Waals surface area contributed by atoms with Gasteiger partial charge in [-0.15, -0.1) is 24.0 Å². The number of nitrogens with one attached hydrogen (secondary N) is 1. The van der Waals surface area contributed by atoms with Crippen LogP contribution in [-0.4, -0.2) is 50.6 Å². The highest BCUT2D eigenvalue weighted by atomic mass is 127. The van der Waals surface area contributed by atoms with Gasteiger partial charge in [0, 0.05) is 13.6 Å². The number of rotatable bonds is 3. The van der Waals surface area contributed by atoms with Crippen molar-refractivity contribution in [3.63, 3.8) is 0 Å².